The van der Waals surface area contributed by atoms with Crippen molar-refractivity contribution in [2.24, 2.45) is 0 Å². The number of hydrogen-bond donors (Lipinski definition) is 5. The largest absolute Gasteiger partial charge is 0.394 e. The highest BCUT2D eigenvalue weighted by atomic mass is 16.3. The van der Waals surface area contributed by atoms with Gasteiger partial charge in [-0.2, -0.15) is 0 Å². The van der Waals surface area contributed by atoms with E-state index in [1.165, 1.54) is 276 Å². The van der Waals surface area contributed by atoms with E-state index in [9.17, 15) is 25.2 Å². The summed E-state index contributed by atoms with van der Waals surface area (Å²) in [5.74, 6) is -0.581. The van der Waals surface area contributed by atoms with Crippen LogP contribution in [0.25, 0.3) is 0 Å². The van der Waals surface area contributed by atoms with Gasteiger partial charge in [-0.25, -0.2) is 0 Å². The lowest BCUT2D eigenvalue weighted by atomic mass is 9.99. The van der Waals surface area contributed by atoms with Gasteiger partial charge in [-0.05, 0) is 38.5 Å². The molecule has 0 fully saturated rings. The molecule has 0 aromatic heterocycles. The summed E-state index contributed by atoms with van der Waals surface area (Å²) < 4.78 is 0. The van der Waals surface area contributed by atoms with E-state index in [1.807, 2.05) is 0 Å². The van der Waals surface area contributed by atoms with Crippen molar-refractivity contribution in [1.82, 2.24) is 5.32 Å². The molecular weight excluding hydrogens is 827 g/mol. The third-order valence-electron chi connectivity index (χ3n) is 14.7. The average Bonchev–Trinajstić information content (AvgIpc) is 3.33. The molecule has 0 radical (unpaired) electrons. The molecule has 0 aromatic rings. The van der Waals surface area contributed by atoms with E-state index in [4.69, 9.17) is 0 Å². The van der Waals surface area contributed by atoms with Crippen LogP contribution in [0.2, 0.25) is 0 Å². The highest BCUT2D eigenvalue weighted by molar-refractivity contribution is 5.80. The van der Waals surface area contributed by atoms with E-state index in [2.05, 4.69) is 31.3 Å². The van der Waals surface area contributed by atoms with Crippen LogP contribution in [0.1, 0.15) is 341 Å². The third kappa shape index (κ3) is 49.8. The molecule has 0 bridgehead atoms. The molecule has 0 spiro atoms. The van der Waals surface area contributed by atoms with E-state index >= 15 is 0 Å². The second kappa shape index (κ2) is 56.0. The zero-order valence-corrected chi connectivity index (χ0v) is 45.4. The van der Waals surface area contributed by atoms with E-state index < -0.39 is 36.9 Å². The normalized spacial score (nSPS) is 13.7. The molecule has 5 N–H and O–H groups in total. The van der Waals surface area contributed by atoms with E-state index in [-0.39, 0.29) is 0 Å². The summed E-state index contributed by atoms with van der Waals surface area (Å²) in [5.41, 5.74) is 0. The lowest BCUT2D eigenvalue weighted by Crippen LogP contribution is -2.53. The Hall–Kier alpha value is -0.950. The van der Waals surface area contributed by atoms with E-state index in [0.29, 0.717) is 12.8 Å². The van der Waals surface area contributed by atoms with Crippen LogP contribution in [0, 0.1) is 0 Å². The molecular formula is C61H121NO5. The van der Waals surface area contributed by atoms with Crippen LogP contribution in [-0.4, -0.2) is 57.3 Å². The van der Waals surface area contributed by atoms with Gasteiger partial charge >= 0.3 is 0 Å². The Bertz CT molecular complexity index is 975. The molecule has 6 nitrogen and oxygen atoms in total. The van der Waals surface area contributed by atoms with Gasteiger partial charge < -0.3 is 25.7 Å². The smallest absolute Gasteiger partial charge is 0.249 e. The summed E-state index contributed by atoms with van der Waals surface area (Å²) in [6, 6.07) is -0.986. The molecule has 0 heterocycles. The maximum absolute atomic E-state index is 12.6. The quantitative estimate of drug-likeness (QED) is 0.0308. The van der Waals surface area contributed by atoms with Crippen molar-refractivity contribution < 1.29 is 25.2 Å². The molecule has 0 aromatic carbocycles. The van der Waals surface area contributed by atoms with Crippen molar-refractivity contribution in [2.75, 3.05) is 6.61 Å². The molecule has 0 rings (SSSR count). The zero-order chi connectivity index (χ0) is 48.8. The number of unbranched alkanes of at least 4 members (excludes halogenated alkanes) is 46. The second-order valence-corrected chi connectivity index (χ2v) is 21.4. The Balaban J connectivity index is 3.58. The van der Waals surface area contributed by atoms with Crippen molar-refractivity contribution in [3.8, 4) is 0 Å². The molecule has 4 unspecified atom stereocenters. The van der Waals surface area contributed by atoms with Crippen molar-refractivity contribution in [3.63, 3.8) is 0 Å². The summed E-state index contributed by atoms with van der Waals surface area (Å²) in [6.07, 6.45) is 67.2. The Labute approximate surface area is 419 Å². The van der Waals surface area contributed by atoms with Crippen molar-refractivity contribution >= 4 is 5.91 Å². The fraction of sp³-hybridized carbons (Fsp3) is 0.951. The van der Waals surface area contributed by atoms with E-state index in [1.54, 1.807) is 0 Å². The number of rotatable bonds is 57. The van der Waals surface area contributed by atoms with Crippen LogP contribution in [0.15, 0.2) is 12.2 Å². The van der Waals surface area contributed by atoms with E-state index in [0.717, 1.165) is 38.5 Å². The number of amides is 1. The number of aliphatic hydroxyl groups excluding tert-OH is 4. The molecule has 0 aliphatic heterocycles. The van der Waals surface area contributed by atoms with Crippen LogP contribution < -0.4 is 5.32 Å². The predicted octanol–water partition coefficient (Wildman–Crippen LogP) is 18.0. The molecule has 0 aliphatic carbocycles. The van der Waals surface area contributed by atoms with Gasteiger partial charge in [0.05, 0.1) is 18.8 Å². The predicted molar refractivity (Wildman–Crippen MR) is 293 cm³/mol. The van der Waals surface area contributed by atoms with Crippen molar-refractivity contribution in [1.29, 1.82) is 0 Å². The van der Waals surface area contributed by atoms with Gasteiger partial charge in [-0.1, -0.05) is 315 Å². The maximum atomic E-state index is 12.6. The topological polar surface area (TPSA) is 110 Å². The summed E-state index contributed by atoms with van der Waals surface area (Å²) in [6.45, 7) is 4.10. The minimum atomic E-state index is -1.26. The van der Waals surface area contributed by atoms with Crippen molar-refractivity contribution in [3.05, 3.63) is 12.2 Å². The highest BCUT2D eigenvalue weighted by Crippen LogP contribution is 2.19. The van der Waals surface area contributed by atoms with Gasteiger partial charge in [0, 0.05) is 0 Å². The first-order chi connectivity index (χ1) is 33.0. The molecule has 0 saturated carbocycles. The number of hydrogen-bond acceptors (Lipinski definition) is 5. The molecule has 0 saturated heterocycles. The fourth-order valence-electron chi connectivity index (χ4n) is 9.93. The van der Waals surface area contributed by atoms with Crippen LogP contribution in [-0.2, 0) is 4.79 Å². The molecule has 400 valence electrons. The van der Waals surface area contributed by atoms with Crippen LogP contribution in [0.4, 0.5) is 0 Å². The first-order valence-corrected chi connectivity index (χ1v) is 30.6. The van der Waals surface area contributed by atoms with Gasteiger partial charge in [0.25, 0.3) is 0 Å². The SMILES string of the molecule is CCCCCCCCCCCCCC/C=C\CCCCCCCCCC(O)C(=O)NC(CO)C(O)C(O)CCCCCCCCCCCCCCCCCCCCCCCCCCCCCC. The zero-order valence-electron chi connectivity index (χ0n) is 45.4. The summed E-state index contributed by atoms with van der Waals surface area (Å²) in [4.78, 5) is 12.6. The Kier molecular flexibility index (Phi) is 55.2. The summed E-state index contributed by atoms with van der Waals surface area (Å²) >= 11 is 0. The lowest BCUT2D eigenvalue weighted by molar-refractivity contribution is -0.132. The summed E-state index contributed by atoms with van der Waals surface area (Å²) in [5, 5.41) is 44.1. The lowest BCUT2D eigenvalue weighted by Gasteiger charge is -2.27. The molecule has 6 heteroatoms. The number of nitrogens with one attached hydrogen (secondary N) is 1. The van der Waals surface area contributed by atoms with Crippen molar-refractivity contribution in [2.45, 2.75) is 366 Å². The first-order valence-electron chi connectivity index (χ1n) is 30.6. The fourth-order valence-corrected chi connectivity index (χ4v) is 9.93. The molecule has 0 aliphatic rings. The Morgan fingerprint density at radius 2 is 0.597 bits per heavy atom. The molecule has 67 heavy (non-hydrogen) atoms. The summed E-state index contributed by atoms with van der Waals surface area (Å²) in [7, 11) is 0. The van der Waals surface area contributed by atoms with Gasteiger partial charge in [0.15, 0.2) is 0 Å². The maximum Gasteiger partial charge on any atom is 0.249 e. The number of allylic oxidation sites excluding steroid dienone is 2. The van der Waals surface area contributed by atoms with Gasteiger partial charge in [0.1, 0.15) is 12.2 Å². The van der Waals surface area contributed by atoms with Crippen LogP contribution in [0.3, 0.4) is 0 Å². The number of aliphatic hydroxyl groups is 4. The van der Waals surface area contributed by atoms with Gasteiger partial charge in [-0.3, -0.25) is 4.79 Å². The minimum Gasteiger partial charge on any atom is -0.394 e. The number of carbonyl (C=O) groups is 1. The molecule has 1 amide bonds. The molecule has 4 atom stereocenters. The first kappa shape index (κ1) is 66.0. The highest BCUT2D eigenvalue weighted by Gasteiger charge is 2.28. The minimum absolute atomic E-state index is 0.367. The Morgan fingerprint density at radius 3 is 0.866 bits per heavy atom. The Morgan fingerprint density at radius 1 is 0.358 bits per heavy atom. The standard InChI is InChI=1S/C61H121NO5/c1-3-5-7-9-11-13-15-17-19-21-23-25-27-28-29-30-31-33-34-36-38-40-42-44-46-48-50-52-54-58(64)60(66)57(56-63)62-61(67)59(65)55-53-51-49-47-45-43-41-39-37-35-32-26-24-22-20-18-16-14-12-10-8-6-4-2/h35,37,57-60,63-66H,3-34,36,38-56H2,1-2H3,(H,62,67)/b37-35-. The van der Waals surface area contributed by atoms with Crippen LogP contribution in [0.5, 0.6) is 0 Å². The monoisotopic (exact) mass is 948 g/mol. The van der Waals surface area contributed by atoms with Crippen LogP contribution >= 0.6 is 0 Å². The average molecular weight is 949 g/mol. The second-order valence-electron chi connectivity index (χ2n) is 21.4. The number of carbonyl (C=O) groups excluding carboxylic acids is 1. The van der Waals surface area contributed by atoms with Gasteiger partial charge in [-0.15, -0.1) is 0 Å². The third-order valence-corrected chi connectivity index (χ3v) is 14.7. The van der Waals surface area contributed by atoms with Gasteiger partial charge in [0.2, 0.25) is 5.91 Å².